The fourth-order valence-corrected chi connectivity index (χ4v) is 3.20. The summed E-state index contributed by atoms with van der Waals surface area (Å²) in [5.41, 5.74) is 0.409. The van der Waals surface area contributed by atoms with E-state index in [1.54, 1.807) is 29.2 Å². The summed E-state index contributed by atoms with van der Waals surface area (Å²) >= 11 is 0. The molecule has 0 radical (unpaired) electrons. The van der Waals surface area contributed by atoms with E-state index in [0.29, 0.717) is 37.0 Å². The summed E-state index contributed by atoms with van der Waals surface area (Å²) in [5.74, 6) is 0.656. The van der Waals surface area contributed by atoms with Gasteiger partial charge in [-0.05, 0) is 45.4 Å². The monoisotopic (exact) mass is 410 g/mol. The molecule has 0 aliphatic carbocycles. The van der Waals surface area contributed by atoms with Crippen LogP contribution < -0.4 is 10.6 Å². The molecular formula is C19H30N4O4S. The number of hydrogen-bond acceptors (Lipinski definition) is 5. The molecule has 8 nitrogen and oxygen atoms in total. The molecule has 156 valence electrons. The average Bonchev–Trinajstić information content (AvgIpc) is 2.53. The van der Waals surface area contributed by atoms with Crippen LogP contribution in [0.3, 0.4) is 0 Å². The van der Waals surface area contributed by atoms with Gasteiger partial charge in [-0.3, -0.25) is 0 Å². The number of likely N-dealkylation sites (tertiary alicyclic amines) is 1. The van der Waals surface area contributed by atoms with Gasteiger partial charge in [0.2, 0.25) is 0 Å². The Morgan fingerprint density at radius 3 is 2.36 bits per heavy atom. The van der Waals surface area contributed by atoms with Gasteiger partial charge in [-0.15, -0.1) is 0 Å². The van der Waals surface area contributed by atoms with Gasteiger partial charge >= 0.3 is 6.09 Å². The van der Waals surface area contributed by atoms with E-state index in [0.717, 1.165) is 5.56 Å². The van der Waals surface area contributed by atoms with Crippen molar-refractivity contribution in [2.24, 2.45) is 4.99 Å². The minimum Gasteiger partial charge on any atom is -0.444 e. The summed E-state index contributed by atoms with van der Waals surface area (Å²) in [6, 6.07) is 6.81. The lowest BCUT2D eigenvalue weighted by Gasteiger charge is -2.40. The molecule has 1 fully saturated rings. The van der Waals surface area contributed by atoms with Gasteiger partial charge < -0.3 is 20.3 Å². The highest BCUT2D eigenvalue weighted by Gasteiger charge is 2.34. The van der Waals surface area contributed by atoms with Gasteiger partial charge in [-0.1, -0.05) is 12.1 Å². The van der Waals surface area contributed by atoms with Crippen LogP contribution in [0, 0.1) is 0 Å². The minimum atomic E-state index is -3.20. The lowest BCUT2D eigenvalue weighted by molar-refractivity contribution is 0.00700. The molecule has 1 aliphatic rings. The average molecular weight is 411 g/mol. The molecule has 2 rings (SSSR count). The number of ether oxygens (including phenoxy) is 1. The molecule has 0 bridgehead atoms. The number of guanidine groups is 1. The molecule has 28 heavy (non-hydrogen) atoms. The van der Waals surface area contributed by atoms with E-state index < -0.39 is 15.4 Å². The van der Waals surface area contributed by atoms with Crippen molar-refractivity contribution in [3.05, 3.63) is 29.8 Å². The van der Waals surface area contributed by atoms with E-state index in [1.807, 2.05) is 27.7 Å². The predicted octanol–water partition coefficient (Wildman–Crippen LogP) is 1.76. The smallest absolute Gasteiger partial charge is 0.410 e. The zero-order chi connectivity index (χ0) is 20.9. The third-order valence-electron chi connectivity index (χ3n) is 3.99. The highest BCUT2D eigenvalue weighted by atomic mass is 32.2. The summed E-state index contributed by atoms with van der Waals surface area (Å²) in [6.07, 6.45) is 0.880. The Hall–Kier alpha value is -2.29. The van der Waals surface area contributed by atoms with Crippen LogP contribution in [0.4, 0.5) is 4.79 Å². The van der Waals surface area contributed by atoms with E-state index in [-0.39, 0.29) is 12.1 Å². The number of carbonyl (C=O) groups excluding carboxylic acids is 1. The first kappa shape index (κ1) is 22.0. The number of amides is 1. The van der Waals surface area contributed by atoms with Crippen molar-refractivity contribution in [2.75, 3.05) is 25.9 Å². The SMILES string of the molecule is CCNC(=NCc1ccc(S(C)(=O)=O)cc1)NC1CN(C(=O)OC(C)(C)C)C1. The molecule has 9 heteroatoms. The largest absolute Gasteiger partial charge is 0.444 e. The fraction of sp³-hybridized carbons (Fsp3) is 0.579. The van der Waals surface area contributed by atoms with Crippen LogP contribution in [0.1, 0.15) is 33.3 Å². The second-order valence-electron chi connectivity index (χ2n) is 7.84. The zero-order valence-electron chi connectivity index (χ0n) is 17.2. The molecule has 0 saturated carbocycles. The summed E-state index contributed by atoms with van der Waals surface area (Å²) < 4.78 is 28.4. The number of hydrogen-bond donors (Lipinski definition) is 2. The second kappa shape index (κ2) is 8.81. The Morgan fingerprint density at radius 1 is 1.25 bits per heavy atom. The summed E-state index contributed by atoms with van der Waals surface area (Å²) in [6.45, 7) is 9.76. The molecule has 0 unspecified atom stereocenters. The second-order valence-corrected chi connectivity index (χ2v) is 9.85. The van der Waals surface area contributed by atoms with Crippen LogP contribution >= 0.6 is 0 Å². The lowest BCUT2D eigenvalue weighted by Crippen LogP contribution is -2.63. The van der Waals surface area contributed by atoms with Gasteiger partial charge in [-0.2, -0.15) is 0 Å². The Kier molecular flexibility index (Phi) is 6.92. The zero-order valence-corrected chi connectivity index (χ0v) is 18.0. The van der Waals surface area contributed by atoms with Gasteiger partial charge in [0.25, 0.3) is 0 Å². The number of benzene rings is 1. The molecule has 1 aliphatic heterocycles. The van der Waals surface area contributed by atoms with Crippen molar-refractivity contribution in [1.29, 1.82) is 0 Å². The molecule has 0 atom stereocenters. The van der Waals surface area contributed by atoms with E-state index in [1.165, 1.54) is 6.26 Å². The maximum atomic E-state index is 12.0. The van der Waals surface area contributed by atoms with Crippen molar-refractivity contribution in [1.82, 2.24) is 15.5 Å². The number of rotatable bonds is 5. The van der Waals surface area contributed by atoms with Crippen LogP contribution in [0.15, 0.2) is 34.2 Å². The molecular weight excluding hydrogens is 380 g/mol. The quantitative estimate of drug-likeness (QED) is 0.567. The number of carbonyl (C=O) groups is 1. The van der Waals surface area contributed by atoms with Crippen LogP contribution in [0.5, 0.6) is 0 Å². The molecule has 1 saturated heterocycles. The molecule has 2 N–H and O–H groups in total. The maximum Gasteiger partial charge on any atom is 0.410 e. The predicted molar refractivity (Wildman–Crippen MR) is 109 cm³/mol. The first-order chi connectivity index (χ1) is 13.0. The molecule has 1 aromatic carbocycles. The Morgan fingerprint density at radius 2 is 1.86 bits per heavy atom. The van der Waals surface area contributed by atoms with E-state index in [9.17, 15) is 13.2 Å². The normalized spacial score (nSPS) is 15.8. The standard InChI is InChI=1S/C19H30N4O4S/c1-6-20-17(21-11-14-7-9-16(10-8-14)28(5,25)26)22-15-12-23(13-15)18(24)27-19(2,3)4/h7-10,15H,6,11-13H2,1-5H3,(H2,20,21,22). The summed E-state index contributed by atoms with van der Waals surface area (Å²) in [4.78, 5) is 18.5. The molecule has 1 heterocycles. The van der Waals surface area contributed by atoms with Crippen LogP contribution in [-0.4, -0.2) is 62.9 Å². The third kappa shape index (κ3) is 6.70. The molecule has 0 aromatic heterocycles. The Labute approximate surface area is 167 Å². The minimum absolute atomic E-state index is 0.109. The van der Waals surface area contributed by atoms with E-state index >= 15 is 0 Å². The first-order valence-corrected chi connectivity index (χ1v) is 11.2. The topological polar surface area (TPSA) is 100 Å². The highest BCUT2D eigenvalue weighted by molar-refractivity contribution is 7.90. The van der Waals surface area contributed by atoms with Gasteiger partial charge in [0.1, 0.15) is 5.60 Å². The number of nitrogens with zero attached hydrogens (tertiary/aromatic N) is 2. The molecule has 0 spiro atoms. The van der Waals surface area contributed by atoms with Gasteiger partial charge in [-0.25, -0.2) is 18.2 Å². The summed E-state index contributed by atoms with van der Waals surface area (Å²) in [5, 5.41) is 6.48. The van der Waals surface area contributed by atoms with Crippen LogP contribution in [0.2, 0.25) is 0 Å². The van der Waals surface area contributed by atoms with Crippen LogP contribution in [-0.2, 0) is 21.1 Å². The van der Waals surface area contributed by atoms with E-state index in [4.69, 9.17) is 4.74 Å². The van der Waals surface area contributed by atoms with Gasteiger partial charge in [0, 0.05) is 25.9 Å². The summed E-state index contributed by atoms with van der Waals surface area (Å²) in [7, 11) is -3.20. The number of aliphatic imine (C=N–C) groups is 1. The van der Waals surface area contributed by atoms with Gasteiger partial charge in [0.05, 0.1) is 17.5 Å². The fourth-order valence-electron chi connectivity index (χ4n) is 2.57. The Bertz CT molecular complexity index is 807. The van der Waals surface area contributed by atoms with Gasteiger partial charge in [0.15, 0.2) is 15.8 Å². The van der Waals surface area contributed by atoms with Crippen molar-refractivity contribution in [2.45, 2.75) is 50.8 Å². The van der Waals surface area contributed by atoms with Crippen molar-refractivity contribution >= 4 is 21.9 Å². The third-order valence-corrected chi connectivity index (χ3v) is 5.12. The van der Waals surface area contributed by atoms with Crippen molar-refractivity contribution in [3.8, 4) is 0 Å². The van der Waals surface area contributed by atoms with Crippen molar-refractivity contribution < 1.29 is 17.9 Å². The number of sulfone groups is 1. The number of nitrogens with one attached hydrogen (secondary N) is 2. The van der Waals surface area contributed by atoms with E-state index in [2.05, 4.69) is 15.6 Å². The first-order valence-electron chi connectivity index (χ1n) is 9.29. The van der Waals surface area contributed by atoms with Crippen molar-refractivity contribution in [3.63, 3.8) is 0 Å². The molecule has 1 amide bonds. The lowest BCUT2D eigenvalue weighted by atomic mass is 10.1. The maximum absolute atomic E-state index is 12.0. The molecule has 1 aromatic rings. The highest BCUT2D eigenvalue weighted by Crippen LogP contribution is 2.15. The Balaban J connectivity index is 1.89. The van der Waals surface area contributed by atoms with Crippen LogP contribution in [0.25, 0.3) is 0 Å².